The Hall–Kier alpha value is -2.61. The minimum Gasteiger partial charge on any atom is -0.481 e. The van der Waals surface area contributed by atoms with Crippen molar-refractivity contribution in [1.29, 1.82) is 0 Å². The Morgan fingerprint density at radius 1 is 1.25 bits per heavy atom. The number of carboxylic acid groups (broad SMARTS) is 2. The lowest BCUT2D eigenvalue weighted by atomic mass is 10.1. The first-order valence-corrected chi connectivity index (χ1v) is 12.4. The number of rotatable bonds is 8. The van der Waals surface area contributed by atoms with Gasteiger partial charge in [-0.05, 0) is 11.4 Å². The molecule has 1 unspecified atom stereocenters. The minimum absolute atomic E-state index is 0.103. The smallest absolute Gasteiger partial charge is 0.353 e. The molecular formula is C19H15N3O6S4. The van der Waals surface area contributed by atoms with E-state index in [1.165, 1.54) is 23.1 Å². The summed E-state index contributed by atoms with van der Waals surface area (Å²) in [6, 6.07) is 3.66. The van der Waals surface area contributed by atoms with Crippen LogP contribution in [-0.4, -0.2) is 59.5 Å². The second kappa shape index (κ2) is 9.10. The molecule has 0 bridgehead atoms. The van der Waals surface area contributed by atoms with E-state index < -0.39 is 28.6 Å². The van der Waals surface area contributed by atoms with E-state index in [0.29, 0.717) is 10.7 Å². The van der Waals surface area contributed by atoms with E-state index in [4.69, 9.17) is 17.3 Å². The molecule has 4 rings (SSSR count). The summed E-state index contributed by atoms with van der Waals surface area (Å²) in [5.41, 5.74) is 0.416. The highest BCUT2D eigenvalue weighted by molar-refractivity contribution is 8.03. The number of thiocarbonyl (C=S) groups is 1. The predicted molar refractivity (Wildman–Crippen MR) is 123 cm³/mol. The summed E-state index contributed by atoms with van der Waals surface area (Å²) in [5.74, 6) is -3.17. The van der Waals surface area contributed by atoms with Crippen molar-refractivity contribution in [2.75, 3.05) is 0 Å². The Bertz CT molecular complexity index is 1160. The Morgan fingerprint density at radius 2 is 2.03 bits per heavy atom. The van der Waals surface area contributed by atoms with E-state index >= 15 is 0 Å². The molecule has 0 aliphatic carbocycles. The zero-order chi connectivity index (χ0) is 23.0. The van der Waals surface area contributed by atoms with Crippen LogP contribution in [0.5, 0.6) is 0 Å². The monoisotopic (exact) mass is 509 g/mol. The number of aryl methyl sites for hydroxylation is 1. The predicted octanol–water partition coefficient (Wildman–Crippen LogP) is 1.99. The number of hydrogen-bond donors (Lipinski definition) is 3. The summed E-state index contributed by atoms with van der Waals surface area (Å²) in [5, 5.41) is 24.0. The third-order valence-electron chi connectivity index (χ3n) is 4.70. The van der Waals surface area contributed by atoms with Gasteiger partial charge >= 0.3 is 11.9 Å². The Kier molecular flexibility index (Phi) is 6.42. The van der Waals surface area contributed by atoms with E-state index in [1.807, 2.05) is 17.5 Å². The van der Waals surface area contributed by atoms with Crippen LogP contribution in [0.4, 0.5) is 0 Å². The van der Waals surface area contributed by atoms with Crippen LogP contribution < -0.4 is 5.32 Å². The lowest BCUT2D eigenvalue weighted by Crippen LogP contribution is -2.63. The number of nitrogens with one attached hydrogen (secondary N) is 1. The summed E-state index contributed by atoms with van der Waals surface area (Å²) in [6.45, 7) is 0. The van der Waals surface area contributed by atoms with Gasteiger partial charge in [0.05, 0.1) is 24.1 Å². The zero-order valence-corrected chi connectivity index (χ0v) is 19.4. The molecule has 2 aromatic heterocycles. The van der Waals surface area contributed by atoms with E-state index in [9.17, 15) is 24.3 Å². The minimum atomic E-state index is -1.33. The van der Waals surface area contributed by atoms with Gasteiger partial charge in [0.1, 0.15) is 26.3 Å². The molecule has 9 nitrogen and oxygen atoms in total. The number of fused-ring (bicyclic) bond motifs is 1. The average Bonchev–Trinajstić information content (AvgIpc) is 3.42. The van der Waals surface area contributed by atoms with Gasteiger partial charge in [-0.3, -0.25) is 19.3 Å². The molecule has 2 aliphatic rings. The number of carbonyl (C=O) groups is 4. The van der Waals surface area contributed by atoms with Crippen molar-refractivity contribution >= 4 is 80.8 Å². The Morgan fingerprint density at radius 3 is 2.69 bits per heavy atom. The molecule has 2 aromatic rings. The van der Waals surface area contributed by atoms with Crippen LogP contribution in [-0.2, 0) is 32.0 Å². The molecule has 3 N–H and O–H groups in total. The van der Waals surface area contributed by atoms with Gasteiger partial charge in [0.15, 0.2) is 0 Å². The van der Waals surface area contributed by atoms with Gasteiger partial charge in [-0.1, -0.05) is 18.3 Å². The largest absolute Gasteiger partial charge is 0.481 e. The number of thiophene rings is 1. The second-order valence-electron chi connectivity index (χ2n) is 6.84. The van der Waals surface area contributed by atoms with Gasteiger partial charge < -0.3 is 15.5 Å². The molecule has 0 saturated carbocycles. The van der Waals surface area contributed by atoms with Gasteiger partial charge in [-0.15, -0.1) is 34.4 Å². The van der Waals surface area contributed by atoms with Crippen molar-refractivity contribution in [2.24, 2.45) is 0 Å². The fourth-order valence-electron chi connectivity index (χ4n) is 3.26. The maximum absolute atomic E-state index is 12.7. The standard InChI is InChI=1S/C19H15N3O6S4/c23-10(6-9-2-1-5-30-9)21-16-12(15-20-8(7-31-15)3-4-11(24)25)13(19(27)28)22-17(26)14(29)18(22)32-16/h1-2,5,7,16,18H,3-4,6H2,(H,21,23)(H,24,25)(H,27,28)/t16?,18-/m0/s1. The SMILES string of the molecule is O=C(O)CCc1csc(C2=C(C(=O)O)N3C(=O)C(=S)[C@@H]3SC2NC(=O)Cc2cccs2)n1. The van der Waals surface area contributed by atoms with Crippen molar-refractivity contribution in [1.82, 2.24) is 15.2 Å². The molecule has 0 aromatic carbocycles. The molecule has 32 heavy (non-hydrogen) atoms. The van der Waals surface area contributed by atoms with Gasteiger partial charge in [0, 0.05) is 16.7 Å². The van der Waals surface area contributed by atoms with Crippen LogP contribution in [0, 0.1) is 0 Å². The van der Waals surface area contributed by atoms with E-state index in [0.717, 1.165) is 21.1 Å². The van der Waals surface area contributed by atoms with Crippen LogP contribution >= 0.6 is 46.7 Å². The average molecular weight is 510 g/mol. The number of β-lactam (4-membered cyclic amide) rings is 1. The lowest BCUT2D eigenvalue weighted by Gasteiger charge is -2.46. The summed E-state index contributed by atoms with van der Waals surface area (Å²) >= 11 is 8.86. The lowest BCUT2D eigenvalue weighted by molar-refractivity contribution is -0.139. The number of nitrogens with zero attached hydrogens (tertiary/aromatic N) is 2. The molecule has 166 valence electrons. The fourth-order valence-corrected chi connectivity index (χ4v) is 6.70. The van der Waals surface area contributed by atoms with Gasteiger partial charge in [-0.25, -0.2) is 9.78 Å². The number of thioether (sulfide) groups is 1. The molecule has 1 saturated heterocycles. The first-order chi connectivity index (χ1) is 15.3. The van der Waals surface area contributed by atoms with Crippen LogP contribution in [0.2, 0.25) is 0 Å². The molecule has 13 heteroatoms. The van der Waals surface area contributed by atoms with Crippen LogP contribution in [0.1, 0.15) is 22.0 Å². The number of hydrogen-bond acceptors (Lipinski definition) is 9. The molecule has 4 heterocycles. The highest BCUT2D eigenvalue weighted by atomic mass is 32.2. The van der Waals surface area contributed by atoms with Gasteiger partial charge in [-0.2, -0.15) is 0 Å². The topological polar surface area (TPSA) is 137 Å². The Labute approximate surface area is 199 Å². The van der Waals surface area contributed by atoms with E-state index in [-0.39, 0.29) is 41.3 Å². The number of carboxylic acids is 2. The van der Waals surface area contributed by atoms with Gasteiger partial charge in [0.2, 0.25) is 5.91 Å². The summed E-state index contributed by atoms with van der Waals surface area (Å²) in [7, 11) is 0. The van der Waals surface area contributed by atoms with Crippen LogP contribution in [0.15, 0.2) is 28.6 Å². The van der Waals surface area contributed by atoms with Gasteiger partial charge in [0.25, 0.3) is 5.91 Å². The third kappa shape index (κ3) is 4.33. The first kappa shape index (κ1) is 22.6. The molecule has 1 fully saturated rings. The quantitative estimate of drug-likeness (QED) is 0.360. The summed E-state index contributed by atoms with van der Waals surface area (Å²) < 4.78 is 0. The number of aliphatic carboxylic acids is 2. The normalized spacial score (nSPS) is 20.1. The van der Waals surface area contributed by atoms with Crippen molar-refractivity contribution in [2.45, 2.75) is 30.0 Å². The Balaban J connectivity index is 1.70. The second-order valence-corrected chi connectivity index (χ2v) is 10.4. The number of aromatic nitrogens is 1. The molecule has 2 amide bonds. The highest BCUT2D eigenvalue weighted by Crippen LogP contribution is 2.46. The maximum atomic E-state index is 12.7. The fraction of sp³-hybridized carbons (Fsp3) is 0.263. The highest BCUT2D eigenvalue weighted by Gasteiger charge is 2.53. The van der Waals surface area contributed by atoms with E-state index in [2.05, 4.69) is 10.3 Å². The zero-order valence-electron chi connectivity index (χ0n) is 16.1. The number of carbonyl (C=O) groups excluding carboxylic acids is 2. The van der Waals surface area contributed by atoms with Crippen molar-refractivity contribution in [3.8, 4) is 0 Å². The van der Waals surface area contributed by atoms with Crippen molar-refractivity contribution in [3.05, 3.63) is 44.2 Å². The summed E-state index contributed by atoms with van der Waals surface area (Å²) in [4.78, 5) is 54.5. The third-order valence-corrected chi connectivity index (χ3v) is 8.38. The molecule has 2 aliphatic heterocycles. The maximum Gasteiger partial charge on any atom is 0.353 e. The van der Waals surface area contributed by atoms with Crippen molar-refractivity contribution in [3.63, 3.8) is 0 Å². The molecule has 2 atom stereocenters. The van der Waals surface area contributed by atoms with Crippen LogP contribution in [0.25, 0.3) is 5.57 Å². The first-order valence-electron chi connectivity index (χ1n) is 9.25. The number of amides is 2. The molecule has 0 radical (unpaired) electrons. The molecule has 0 spiro atoms. The summed E-state index contributed by atoms with van der Waals surface area (Å²) in [6.07, 6.45) is 0.189. The van der Waals surface area contributed by atoms with Crippen molar-refractivity contribution < 1.29 is 29.4 Å². The van der Waals surface area contributed by atoms with Crippen LogP contribution in [0.3, 0.4) is 0 Å². The number of thiazole rings is 1. The molecular weight excluding hydrogens is 494 g/mol. The van der Waals surface area contributed by atoms with E-state index in [1.54, 1.807) is 5.38 Å².